The van der Waals surface area contributed by atoms with Gasteiger partial charge in [-0.05, 0) is 31.2 Å². The zero-order valence-corrected chi connectivity index (χ0v) is 14.7. The van der Waals surface area contributed by atoms with Crippen molar-refractivity contribution in [2.45, 2.75) is 13.5 Å². The summed E-state index contributed by atoms with van der Waals surface area (Å²) in [5.74, 6) is -3.20. The summed E-state index contributed by atoms with van der Waals surface area (Å²) >= 11 is 0. The third-order valence-corrected chi connectivity index (χ3v) is 3.80. The summed E-state index contributed by atoms with van der Waals surface area (Å²) < 4.78 is 33.7. The van der Waals surface area contributed by atoms with Gasteiger partial charge in [-0.3, -0.25) is 19.7 Å². The number of nitrogens with zero attached hydrogens (tertiary/aromatic N) is 4. The van der Waals surface area contributed by atoms with Crippen LogP contribution in [0.2, 0.25) is 0 Å². The van der Waals surface area contributed by atoms with Crippen LogP contribution < -0.4 is 14.5 Å². The Morgan fingerprint density at radius 1 is 1.21 bits per heavy atom. The summed E-state index contributed by atoms with van der Waals surface area (Å²) in [5, 5.41) is 15.5. The van der Waals surface area contributed by atoms with E-state index in [1.807, 2.05) is 0 Å². The molecule has 0 saturated carbocycles. The summed E-state index contributed by atoms with van der Waals surface area (Å²) in [6.07, 6.45) is 0.988. The lowest BCUT2D eigenvalue weighted by atomic mass is 10.1. The fraction of sp³-hybridized carbons (Fsp3) is 0.176. The normalized spacial score (nSPS) is 16.0. The van der Waals surface area contributed by atoms with E-state index in [4.69, 9.17) is 4.74 Å². The first-order chi connectivity index (χ1) is 13.8. The predicted octanol–water partition coefficient (Wildman–Crippen LogP) is 2.54. The highest BCUT2D eigenvalue weighted by atomic mass is 19.3. The number of carbonyl (C=O) groups is 2. The van der Waals surface area contributed by atoms with E-state index in [9.17, 15) is 28.5 Å². The number of non-ortho nitro benzene ring substituents is 1. The molecule has 2 aromatic rings. The lowest BCUT2D eigenvalue weighted by Gasteiger charge is -2.13. The molecular formula is C17H12F2N4O6. The number of amides is 1. The number of aromatic nitrogens is 1. The third kappa shape index (κ3) is 4.31. The van der Waals surface area contributed by atoms with Crippen LogP contribution in [-0.2, 0) is 9.59 Å². The largest absolute Gasteiger partial charge is 0.433 e. The topological polar surface area (TPSA) is 124 Å². The summed E-state index contributed by atoms with van der Waals surface area (Å²) in [6.45, 7) is -1.58. The van der Waals surface area contributed by atoms with Gasteiger partial charge < -0.3 is 9.47 Å². The number of nitro groups is 1. The number of pyridine rings is 1. The van der Waals surface area contributed by atoms with Crippen LogP contribution in [-0.4, -0.2) is 34.1 Å². The average Bonchev–Trinajstić information content (AvgIpc) is 2.96. The van der Waals surface area contributed by atoms with Crippen LogP contribution in [0.3, 0.4) is 0 Å². The van der Waals surface area contributed by atoms with Crippen LogP contribution in [0, 0.1) is 16.0 Å². The second kappa shape index (κ2) is 7.96. The number of carbonyl (C=O) groups excluding carboxylic acids is 2. The highest BCUT2D eigenvalue weighted by molar-refractivity contribution is 6.25. The van der Waals surface area contributed by atoms with Crippen LogP contribution in [0.1, 0.15) is 6.92 Å². The maximum atomic E-state index is 12.6. The fourth-order valence-corrected chi connectivity index (χ4v) is 2.48. The maximum absolute atomic E-state index is 12.6. The SMILES string of the molecule is CC1=NN(c2ccc(OC(F)F)cn2)C(=O)C1C(=O)Oc1ccc([N+](=O)[O-])cc1. The predicted molar refractivity (Wildman–Crippen MR) is 93.7 cm³/mol. The van der Waals surface area contributed by atoms with E-state index in [1.165, 1.54) is 31.2 Å². The Balaban J connectivity index is 1.71. The minimum absolute atomic E-state index is 0.00148. The first-order valence-corrected chi connectivity index (χ1v) is 8.02. The third-order valence-electron chi connectivity index (χ3n) is 3.80. The van der Waals surface area contributed by atoms with Gasteiger partial charge in [0, 0.05) is 12.1 Å². The monoisotopic (exact) mass is 406 g/mol. The van der Waals surface area contributed by atoms with E-state index in [2.05, 4.69) is 14.8 Å². The lowest BCUT2D eigenvalue weighted by Crippen LogP contribution is -2.35. The minimum atomic E-state index is -3.02. The van der Waals surface area contributed by atoms with E-state index >= 15 is 0 Å². The van der Waals surface area contributed by atoms with Crippen molar-refractivity contribution in [2.24, 2.45) is 11.0 Å². The van der Waals surface area contributed by atoms with Crippen LogP contribution in [0.15, 0.2) is 47.7 Å². The van der Waals surface area contributed by atoms with Crippen molar-refractivity contribution in [2.75, 3.05) is 5.01 Å². The number of alkyl halides is 2. The molecule has 0 bridgehead atoms. The molecule has 1 unspecified atom stereocenters. The van der Waals surface area contributed by atoms with Crippen molar-refractivity contribution in [1.82, 2.24) is 4.98 Å². The Morgan fingerprint density at radius 2 is 1.86 bits per heavy atom. The number of ether oxygens (including phenoxy) is 2. The van der Waals surface area contributed by atoms with E-state index in [0.717, 1.165) is 23.3 Å². The van der Waals surface area contributed by atoms with Gasteiger partial charge in [-0.25, -0.2) is 4.98 Å². The van der Waals surface area contributed by atoms with Crippen molar-refractivity contribution >= 4 is 29.1 Å². The highest BCUT2D eigenvalue weighted by Crippen LogP contribution is 2.26. The van der Waals surface area contributed by atoms with Gasteiger partial charge in [0.25, 0.3) is 11.6 Å². The number of benzene rings is 1. The number of esters is 1. The number of nitro benzene ring substituents is 1. The van der Waals surface area contributed by atoms with Crippen molar-refractivity contribution < 1.29 is 32.8 Å². The number of hydrogen-bond donors (Lipinski definition) is 0. The molecule has 0 N–H and O–H groups in total. The van der Waals surface area contributed by atoms with E-state index in [-0.39, 0.29) is 28.7 Å². The molecule has 150 valence electrons. The average molecular weight is 406 g/mol. The molecule has 1 amide bonds. The van der Waals surface area contributed by atoms with E-state index in [1.54, 1.807) is 0 Å². The maximum Gasteiger partial charge on any atom is 0.387 e. The molecule has 1 aromatic heterocycles. The van der Waals surface area contributed by atoms with Gasteiger partial charge in [-0.15, -0.1) is 0 Å². The molecule has 1 atom stereocenters. The zero-order chi connectivity index (χ0) is 21.1. The van der Waals surface area contributed by atoms with Crippen molar-refractivity contribution in [1.29, 1.82) is 0 Å². The summed E-state index contributed by atoms with van der Waals surface area (Å²) in [4.78, 5) is 38.9. The van der Waals surface area contributed by atoms with Gasteiger partial charge in [-0.2, -0.15) is 18.9 Å². The minimum Gasteiger partial charge on any atom is -0.433 e. The molecule has 12 heteroatoms. The number of rotatable bonds is 6. The molecule has 0 radical (unpaired) electrons. The molecule has 29 heavy (non-hydrogen) atoms. The smallest absolute Gasteiger partial charge is 0.387 e. The van der Waals surface area contributed by atoms with E-state index in [0.29, 0.717) is 0 Å². The molecule has 10 nitrogen and oxygen atoms in total. The molecule has 1 aliphatic rings. The number of hydrogen-bond acceptors (Lipinski definition) is 8. The van der Waals surface area contributed by atoms with Crippen molar-refractivity contribution in [3.63, 3.8) is 0 Å². The lowest BCUT2D eigenvalue weighted by molar-refractivity contribution is -0.384. The number of anilines is 1. The Labute approximate surface area is 161 Å². The van der Waals surface area contributed by atoms with Crippen LogP contribution in [0.4, 0.5) is 20.3 Å². The molecule has 0 aliphatic carbocycles. The Kier molecular flexibility index (Phi) is 5.43. The summed E-state index contributed by atoms with van der Waals surface area (Å²) in [6, 6.07) is 7.16. The first kappa shape index (κ1) is 19.8. The highest BCUT2D eigenvalue weighted by Gasteiger charge is 2.41. The van der Waals surface area contributed by atoms with Gasteiger partial charge in [0.2, 0.25) is 0 Å². The molecule has 1 aliphatic heterocycles. The molecule has 0 fully saturated rings. The Morgan fingerprint density at radius 3 is 2.41 bits per heavy atom. The standard InChI is InChI=1S/C17H12F2N4O6/c1-9-14(16(25)28-11-4-2-10(3-5-11)23(26)27)15(24)22(21-9)13-7-6-12(8-20-13)29-17(18)19/h2-8,14,17H,1H3. The molecule has 0 spiro atoms. The summed E-state index contributed by atoms with van der Waals surface area (Å²) in [7, 11) is 0. The van der Waals surface area contributed by atoms with Crippen LogP contribution in [0.25, 0.3) is 0 Å². The molecule has 1 aromatic carbocycles. The van der Waals surface area contributed by atoms with Gasteiger partial charge in [0.05, 0.1) is 16.8 Å². The van der Waals surface area contributed by atoms with Crippen molar-refractivity contribution in [3.05, 3.63) is 52.7 Å². The van der Waals surface area contributed by atoms with E-state index < -0.39 is 29.3 Å². The van der Waals surface area contributed by atoms with Crippen molar-refractivity contribution in [3.8, 4) is 11.5 Å². The fourth-order valence-electron chi connectivity index (χ4n) is 2.48. The zero-order valence-electron chi connectivity index (χ0n) is 14.7. The first-order valence-electron chi connectivity index (χ1n) is 8.02. The van der Waals surface area contributed by atoms with Gasteiger partial charge in [-0.1, -0.05) is 0 Å². The number of hydrazone groups is 1. The van der Waals surface area contributed by atoms with Crippen LogP contribution >= 0.6 is 0 Å². The molecule has 0 saturated heterocycles. The molecule has 3 rings (SSSR count). The molecular weight excluding hydrogens is 394 g/mol. The van der Waals surface area contributed by atoms with Gasteiger partial charge in [0.1, 0.15) is 11.5 Å². The van der Waals surface area contributed by atoms with Gasteiger partial charge >= 0.3 is 12.6 Å². The Hall–Kier alpha value is -3.96. The quantitative estimate of drug-likeness (QED) is 0.237. The second-order valence-electron chi connectivity index (χ2n) is 5.73. The second-order valence-corrected chi connectivity index (χ2v) is 5.73. The number of halogens is 2. The van der Waals surface area contributed by atoms with Gasteiger partial charge in [0.15, 0.2) is 11.7 Å². The molecule has 2 heterocycles. The summed E-state index contributed by atoms with van der Waals surface area (Å²) in [5.41, 5.74) is -0.0485. The Bertz CT molecular complexity index is 978. The van der Waals surface area contributed by atoms with Crippen LogP contribution in [0.5, 0.6) is 11.5 Å².